The third-order valence-corrected chi connectivity index (χ3v) is 4.65. The molecule has 0 aromatic heterocycles. The van der Waals surface area contributed by atoms with E-state index in [-0.39, 0.29) is 5.91 Å². The van der Waals surface area contributed by atoms with Crippen LogP contribution in [0.3, 0.4) is 0 Å². The molecule has 0 unspecified atom stereocenters. The monoisotopic (exact) mass is 290 g/mol. The van der Waals surface area contributed by atoms with Crippen LogP contribution in [0.1, 0.15) is 18.4 Å². The Morgan fingerprint density at radius 2 is 2.05 bits per heavy atom. The summed E-state index contributed by atoms with van der Waals surface area (Å²) in [5.41, 5.74) is 0.873. The molecule has 20 heavy (non-hydrogen) atoms. The fraction of sp³-hybridized carbons (Fsp3) is 0.438. The molecule has 1 atom stereocenters. The van der Waals surface area contributed by atoms with Crippen molar-refractivity contribution in [3.63, 3.8) is 0 Å². The molecule has 0 spiro atoms. The fourth-order valence-electron chi connectivity index (χ4n) is 3.14. The van der Waals surface area contributed by atoms with Gasteiger partial charge in [0.1, 0.15) is 0 Å². The molecule has 3 saturated heterocycles. The molecule has 0 aliphatic carbocycles. The average molecular weight is 291 g/mol. The molecule has 1 amide bonds. The maximum absolute atomic E-state index is 12.0. The van der Waals surface area contributed by atoms with E-state index in [4.69, 9.17) is 11.6 Å². The van der Waals surface area contributed by atoms with Crippen molar-refractivity contribution in [2.24, 2.45) is 5.92 Å². The maximum atomic E-state index is 12.0. The Hall–Kier alpha value is -1.32. The fourth-order valence-corrected chi connectivity index (χ4v) is 3.33. The molecule has 1 N–H and O–H groups in total. The van der Waals surface area contributed by atoms with E-state index >= 15 is 0 Å². The van der Waals surface area contributed by atoms with Crippen LogP contribution in [0.2, 0.25) is 5.02 Å². The van der Waals surface area contributed by atoms with E-state index in [9.17, 15) is 4.79 Å². The molecule has 1 aromatic rings. The summed E-state index contributed by atoms with van der Waals surface area (Å²) >= 11 is 6.06. The van der Waals surface area contributed by atoms with Gasteiger partial charge in [-0.3, -0.25) is 4.79 Å². The predicted molar refractivity (Wildman–Crippen MR) is 81.6 cm³/mol. The summed E-state index contributed by atoms with van der Waals surface area (Å²) in [5.74, 6) is 0.626. The number of hydrogen-bond acceptors (Lipinski definition) is 2. The van der Waals surface area contributed by atoms with Crippen LogP contribution in [0.15, 0.2) is 30.3 Å². The van der Waals surface area contributed by atoms with E-state index in [1.54, 1.807) is 12.2 Å². The van der Waals surface area contributed by atoms with Gasteiger partial charge >= 0.3 is 0 Å². The van der Waals surface area contributed by atoms with Crippen molar-refractivity contribution in [2.45, 2.75) is 18.9 Å². The lowest BCUT2D eigenvalue weighted by molar-refractivity contribution is -0.118. The third kappa shape index (κ3) is 3.05. The Labute approximate surface area is 124 Å². The highest BCUT2D eigenvalue weighted by Gasteiger charge is 2.34. The van der Waals surface area contributed by atoms with Crippen LogP contribution >= 0.6 is 11.6 Å². The van der Waals surface area contributed by atoms with Gasteiger partial charge in [0, 0.05) is 23.7 Å². The van der Waals surface area contributed by atoms with Gasteiger partial charge < -0.3 is 10.2 Å². The number of rotatable bonds is 3. The Kier molecular flexibility index (Phi) is 4.08. The minimum atomic E-state index is -0.0244. The van der Waals surface area contributed by atoms with Crippen molar-refractivity contribution in [3.05, 3.63) is 40.9 Å². The lowest BCUT2D eigenvalue weighted by Crippen LogP contribution is -2.57. The zero-order valence-electron chi connectivity index (χ0n) is 11.4. The number of carbonyl (C=O) groups excluding carboxylic acids is 1. The first-order chi connectivity index (χ1) is 9.72. The van der Waals surface area contributed by atoms with E-state index in [1.807, 2.05) is 24.3 Å². The molecular weight excluding hydrogens is 272 g/mol. The van der Waals surface area contributed by atoms with Crippen LogP contribution in [0.5, 0.6) is 0 Å². The average Bonchev–Trinajstić information content (AvgIpc) is 2.48. The highest BCUT2D eigenvalue weighted by molar-refractivity contribution is 6.32. The molecule has 1 aromatic carbocycles. The highest BCUT2D eigenvalue weighted by Crippen LogP contribution is 2.27. The van der Waals surface area contributed by atoms with Gasteiger partial charge in [-0.05, 0) is 49.6 Å². The molecule has 106 valence electrons. The van der Waals surface area contributed by atoms with E-state index in [0.29, 0.717) is 17.0 Å². The molecule has 4 rings (SSSR count). The second-order valence-corrected chi connectivity index (χ2v) is 6.02. The summed E-state index contributed by atoms with van der Waals surface area (Å²) in [6.45, 7) is 3.37. The minimum Gasteiger partial charge on any atom is -0.348 e. The number of hydrogen-bond donors (Lipinski definition) is 1. The van der Waals surface area contributed by atoms with Gasteiger partial charge in [0.2, 0.25) is 5.91 Å². The van der Waals surface area contributed by atoms with Crippen molar-refractivity contribution in [2.75, 3.05) is 19.6 Å². The quantitative estimate of drug-likeness (QED) is 0.868. The van der Waals surface area contributed by atoms with Gasteiger partial charge in [-0.1, -0.05) is 29.8 Å². The van der Waals surface area contributed by atoms with Crippen molar-refractivity contribution in [1.82, 2.24) is 10.2 Å². The summed E-state index contributed by atoms with van der Waals surface area (Å²) in [5, 5.41) is 3.80. The molecule has 3 aliphatic heterocycles. The molecule has 3 nitrogen and oxygen atoms in total. The van der Waals surface area contributed by atoms with Crippen LogP contribution in [0.25, 0.3) is 6.08 Å². The summed E-state index contributed by atoms with van der Waals surface area (Å²) in [6.07, 6.45) is 5.77. The maximum Gasteiger partial charge on any atom is 0.244 e. The molecule has 3 heterocycles. The molecule has 3 aliphatic rings. The van der Waals surface area contributed by atoms with E-state index < -0.39 is 0 Å². The zero-order chi connectivity index (χ0) is 13.9. The smallest absolute Gasteiger partial charge is 0.244 e. The number of nitrogens with zero attached hydrogens (tertiary/aromatic N) is 1. The van der Waals surface area contributed by atoms with Crippen molar-refractivity contribution < 1.29 is 4.79 Å². The van der Waals surface area contributed by atoms with Crippen LogP contribution in [-0.2, 0) is 4.79 Å². The number of piperidine rings is 3. The normalized spacial score (nSPS) is 28.8. The van der Waals surface area contributed by atoms with Gasteiger partial charge in [-0.15, -0.1) is 0 Å². The first kappa shape index (κ1) is 13.7. The largest absolute Gasteiger partial charge is 0.348 e. The number of carbonyl (C=O) groups is 1. The molecular formula is C16H19ClN2O. The molecule has 4 heteroatoms. The predicted octanol–water partition coefficient (Wildman–Crippen LogP) is 2.56. The van der Waals surface area contributed by atoms with E-state index in [2.05, 4.69) is 10.2 Å². The molecule has 3 fully saturated rings. The standard InChI is InChI=1S/C16H19ClN2O/c17-14-4-2-1-3-12(14)5-6-16(20)18-15-11-19-9-7-13(15)8-10-19/h1-6,13,15H,7-11H2,(H,18,20)/t15-/m1/s1. The van der Waals surface area contributed by atoms with E-state index in [1.165, 1.54) is 25.9 Å². The molecule has 0 saturated carbocycles. The first-order valence-electron chi connectivity index (χ1n) is 7.18. The summed E-state index contributed by atoms with van der Waals surface area (Å²) in [7, 11) is 0. The topological polar surface area (TPSA) is 32.3 Å². The van der Waals surface area contributed by atoms with Crippen LogP contribution in [0.4, 0.5) is 0 Å². The Bertz CT molecular complexity index is 521. The number of benzene rings is 1. The lowest BCUT2D eigenvalue weighted by atomic mass is 9.84. The molecule has 2 bridgehead atoms. The Balaban J connectivity index is 1.59. The van der Waals surface area contributed by atoms with Crippen molar-refractivity contribution in [3.8, 4) is 0 Å². The summed E-state index contributed by atoms with van der Waals surface area (Å²) in [6, 6.07) is 7.83. The zero-order valence-corrected chi connectivity index (χ0v) is 12.1. The van der Waals surface area contributed by atoms with Crippen molar-refractivity contribution in [1.29, 1.82) is 0 Å². The number of fused-ring (bicyclic) bond motifs is 3. The number of amides is 1. The summed E-state index contributed by atoms with van der Waals surface area (Å²) in [4.78, 5) is 14.4. The van der Waals surface area contributed by atoms with Gasteiger partial charge in [-0.25, -0.2) is 0 Å². The van der Waals surface area contributed by atoms with E-state index in [0.717, 1.165) is 12.1 Å². The van der Waals surface area contributed by atoms with Crippen molar-refractivity contribution >= 4 is 23.6 Å². The summed E-state index contributed by atoms with van der Waals surface area (Å²) < 4.78 is 0. The van der Waals surface area contributed by atoms with Gasteiger partial charge in [0.25, 0.3) is 0 Å². The van der Waals surface area contributed by atoms with Gasteiger partial charge in [0.15, 0.2) is 0 Å². The SMILES string of the molecule is O=C(C=Cc1ccccc1Cl)N[C@@H]1CN2CCC1CC2. The number of halogens is 1. The Morgan fingerprint density at radius 3 is 2.70 bits per heavy atom. The van der Waals surface area contributed by atoms with Gasteiger partial charge in [0.05, 0.1) is 0 Å². The van der Waals surface area contributed by atoms with Crippen LogP contribution in [-0.4, -0.2) is 36.5 Å². The van der Waals surface area contributed by atoms with Crippen LogP contribution < -0.4 is 5.32 Å². The first-order valence-corrected chi connectivity index (χ1v) is 7.55. The molecule has 0 radical (unpaired) electrons. The second-order valence-electron chi connectivity index (χ2n) is 5.61. The van der Waals surface area contributed by atoms with Crippen LogP contribution in [0, 0.1) is 5.92 Å². The minimum absolute atomic E-state index is 0.0244. The van der Waals surface area contributed by atoms with Gasteiger partial charge in [-0.2, -0.15) is 0 Å². The lowest BCUT2D eigenvalue weighted by Gasteiger charge is -2.44. The Morgan fingerprint density at radius 1 is 1.30 bits per heavy atom. The number of nitrogens with one attached hydrogen (secondary N) is 1. The highest BCUT2D eigenvalue weighted by atomic mass is 35.5. The second kappa shape index (κ2) is 5.98. The third-order valence-electron chi connectivity index (χ3n) is 4.30.